The Morgan fingerprint density at radius 3 is 2.61 bits per heavy atom. The second-order valence-electron chi connectivity index (χ2n) is 6.42. The molecule has 1 aromatic carbocycles. The van der Waals surface area contributed by atoms with Crippen LogP contribution < -0.4 is 21.1 Å². The summed E-state index contributed by atoms with van der Waals surface area (Å²) in [6, 6.07) is 4.14. The van der Waals surface area contributed by atoms with Crippen molar-refractivity contribution in [3.8, 4) is 5.75 Å². The largest absolute Gasteiger partial charge is 0.491 e. The van der Waals surface area contributed by atoms with E-state index in [9.17, 15) is 14.0 Å². The fraction of sp³-hybridized carbons (Fsp3) is 0.556. The molecule has 0 saturated carbocycles. The zero-order valence-electron chi connectivity index (χ0n) is 16.1. The van der Waals surface area contributed by atoms with E-state index < -0.39 is 5.82 Å². The van der Waals surface area contributed by atoms with Gasteiger partial charge in [-0.1, -0.05) is 0 Å². The van der Waals surface area contributed by atoms with Gasteiger partial charge in [0.05, 0.1) is 5.56 Å². The summed E-state index contributed by atoms with van der Waals surface area (Å²) in [6.07, 6.45) is 2.23. The molecule has 7 nitrogen and oxygen atoms in total. The van der Waals surface area contributed by atoms with E-state index in [1.54, 1.807) is 7.05 Å². The molecule has 0 spiro atoms. The molecule has 160 valence electrons. The molecular formula is C18H29Cl2FN4O3. The second kappa shape index (κ2) is 12.8. The zero-order valence-corrected chi connectivity index (χ0v) is 17.7. The average Bonchev–Trinajstić information content (AvgIpc) is 2.98. The lowest BCUT2D eigenvalue weighted by molar-refractivity contribution is -0.121. The lowest BCUT2D eigenvalue weighted by Gasteiger charge is -2.25. The van der Waals surface area contributed by atoms with E-state index in [0.29, 0.717) is 25.3 Å². The maximum absolute atomic E-state index is 13.5. The number of rotatable bonds is 8. The van der Waals surface area contributed by atoms with Crippen molar-refractivity contribution in [1.82, 2.24) is 15.5 Å². The van der Waals surface area contributed by atoms with Gasteiger partial charge in [0.2, 0.25) is 5.91 Å². The number of benzene rings is 1. The number of hydrogen-bond acceptors (Lipinski definition) is 5. The second-order valence-corrected chi connectivity index (χ2v) is 6.42. The Labute approximate surface area is 177 Å². The molecule has 2 amide bonds. The SMILES string of the molecule is CNC(=O)C[C@H]1CC[C@@H](CNC(=O)c2cc(F)ccc2OCCN)N1C.Cl.Cl. The van der Waals surface area contributed by atoms with Crippen LogP contribution in [0.4, 0.5) is 4.39 Å². The minimum absolute atomic E-state index is 0. The quantitative estimate of drug-likeness (QED) is 0.568. The summed E-state index contributed by atoms with van der Waals surface area (Å²) in [5, 5.41) is 5.48. The summed E-state index contributed by atoms with van der Waals surface area (Å²) < 4.78 is 19.0. The summed E-state index contributed by atoms with van der Waals surface area (Å²) in [5.41, 5.74) is 5.57. The van der Waals surface area contributed by atoms with Gasteiger partial charge >= 0.3 is 0 Å². The minimum Gasteiger partial charge on any atom is -0.491 e. The van der Waals surface area contributed by atoms with E-state index >= 15 is 0 Å². The first kappa shape index (κ1) is 26.4. The number of nitrogens with two attached hydrogens (primary N) is 1. The Kier molecular flexibility index (Phi) is 12.0. The van der Waals surface area contributed by atoms with Crippen LogP contribution in [0.25, 0.3) is 0 Å². The number of likely N-dealkylation sites (tertiary alicyclic amines) is 1. The number of carbonyl (C=O) groups is 2. The third-order valence-corrected chi connectivity index (χ3v) is 4.74. The normalized spacial score (nSPS) is 18.6. The number of ether oxygens (including phenoxy) is 1. The van der Waals surface area contributed by atoms with Gasteiger partial charge in [-0.2, -0.15) is 0 Å². The van der Waals surface area contributed by atoms with Gasteiger partial charge in [-0.3, -0.25) is 14.5 Å². The highest BCUT2D eigenvalue weighted by molar-refractivity contribution is 5.97. The maximum Gasteiger partial charge on any atom is 0.255 e. The Bertz CT molecular complexity index is 651. The number of hydrogen-bond donors (Lipinski definition) is 3. The molecule has 2 rings (SSSR count). The predicted octanol–water partition coefficient (Wildman–Crippen LogP) is 1.34. The Morgan fingerprint density at radius 2 is 1.96 bits per heavy atom. The van der Waals surface area contributed by atoms with Gasteiger partial charge in [0.15, 0.2) is 0 Å². The molecule has 0 aliphatic carbocycles. The fourth-order valence-electron chi connectivity index (χ4n) is 3.18. The number of carbonyl (C=O) groups excluding carboxylic acids is 2. The molecule has 1 heterocycles. The lowest BCUT2D eigenvalue weighted by atomic mass is 10.1. The summed E-state index contributed by atoms with van der Waals surface area (Å²) in [4.78, 5) is 26.2. The van der Waals surface area contributed by atoms with Crippen LogP contribution in [0.2, 0.25) is 0 Å². The molecule has 1 fully saturated rings. The summed E-state index contributed by atoms with van der Waals surface area (Å²) in [6.45, 7) is 0.975. The van der Waals surface area contributed by atoms with Gasteiger partial charge in [-0.15, -0.1) is 24.8 Å². The number of amides is 2. The number of nitrogens with one attached hydrogen (secondary N) is 2. The third-order valence-electron chi connectivity index (χ3n) is 4.74. The van der Waals surface area contributed by atoms with Gasteiger partial charge in [0, 0.05) is 38.6 Å². The molecule has 0 unspecified atom stereocenters. The lowest BCUT2D eigenvalue weighted by Crippen LogP contribution is -2.42. The van der Waals surface area contributed by atoms with Gasteiger partial charge in [0.25, 0.3) is 5.91 Å². The van der Waals surface area contributed by atoms with Crippen molar-refractivity contribution in [2.24, 2.45) is 5.73 Å². The van der Waals surface area contributed by atoms with E-state index in [-0.39, 0.29) is 60.9 Å². The van der Waals surface area contributed by atoms with Crippen molar-refractivity contribution in [1.29, 1.82) is 0 Å². The minimum atomic E-state index is -0.501. The number of halogens is 3. The van der Waals surface area contributed by atoms with Gasteiger partial charge in [-0.05, 0) is 38.1 Å². The van der Waals surface area contributed by atoms with Crippen LogP contribution in [0, 0.1) is 5.82 Å². The van der Waals surface area contributed by atoms with Crippen molar-refractivity contribution in [2.45, 2.75) is 31.3 Å². The fourth-order valence-corrected chi connectivity index (χ4v) is 3.18. The standard InChI is InChI=1S/C18H27FN4O3.2ClH/c1-21-17(24)10-13-4-5-14(23(13)2)11-22-18(25)15-9-12(19)3-6-16(15)26-8-7-20;;/h3,6,9,13-14H,4-5,7-8,10-11,20H2,1-2H3,(H,21,24)(H,22,25);2*1H/t13-,14+;;/m1../s1. The van der Waals surface area contributed by atoms with Crippen molar-refractivity contribution < 1.29 is 18.7 Å². The van der Waals surface area contributed by atoms with Crippen molar-refractivity contribution in [3.05, 3.63) is 29.6 Å². The molecule has 0 bridgehead atoms. The van der Waals surface area contributed by atoms with Crippen LogP contribution in [0.5, 0.6) is 5.75 Å². The molecule has 10 heteroatoms. The Balaban J connectivity index is 0.00000364. The van der Waals surface area contributed by atoms with Crippen LogP contribution in [-0.2, 0) is 4.79 Å². The van der Waals surface area contributed by atoms with Crippen LogP contribution in [0.3, 0.4) is 0 Å². The monoisotopic (exact) mass is 438 g/mol. The average molecular weight is 439 g/mol. The van der Waals surface area contributed by atoms with Crippen LogP contribution in [0.1, 0.15) is 29.6 Å². The summed E-state index contributed by atoms with van der Waals surface area (Å²) in [5.74, 6) is -0.571. The van der Waals surface area contributed by atoms with Crippen LogP contribution >= 0.6 is 24.8 Å². The molecule has 1 saturated heterocycles. The molecule has 1 aliphatic heterocycles. The van der Waals surface area contributed by atoms with E-state index in [2.05, 4.69) is 15.5 Å². The molecule has 1 aliphatic rings. The van der Waals surface area contributed by atoms with Crippen molar-refractivity contribution in [3.63, 3.8) is 0 Å². The van der Waals surface area contributed by atoms with Gasteiger partial charge in [0.1, 0.15) is 18.2 Å². The molecule has 28 heavy (non-hydrogen) atoms. The zero-order chi connectivity index (χ0) is 19.1. The highest BCUT2D eigenvalue weighted by atomic mass is 35.5. The van der Waals surface area contributed by atoms with Crippen molar-refractivity contribution >= 4 is 36.6 Å². The molecule has 1 aromatic rings. The first-order valence-corrected chi connectivity index (χ1v) is 8.79. The topological polar surface area (TPSA) is 96.7 Å². The third kappa shape index (κ3) is 7.09. The van der Waals surface area contributed by atoms with E-state index in [4.69, 9.17) is 10.5 Å². The first-order chi connectivity index (χ1) is 12.5. The maximum atomic E-state index is 13.5. The summed E-state index contributed by atoms with van der Waals surface area (Å²) >= 11 is 0. The smallest absolute Gasteiger partial charge is 0.255 e. The van der Waals surface area contributed by atoms with E-state index in [1.165, 1.54) is 12.1 Å². The molecule has 0 aromatic heterocycles. The highest BCUT2D eigenvalue weighted by Crippen LogP contribution is 2.24. The Morgan fingerprint density at radius 1 is 1.29 bits per heavy atom. The number of nitrogens with zero attached hydrogens (tertiary/aromatic N) is 1. The highest BCUT2D eigenvalue weighted by Gasteiger charge is 2.31. The van der Waals surface area contributed by atoms with E-state index in [1.807, 2.05) is 7.05 Å². The van der Waals surface area contributed by atoms with Gasteiger partial charge < -0.3 is 21.1 Å². The van der Waals surface area contributed by atoms with Crippen LogP contribution in [0.15, 0.2) is 18.2 Å². The first-order valence-electron chi connectivity index (χ1n) is 8.79. The molecule has 2 atom stereocenters. The van der Waals surface area contributed by atoms with Crippen LogP contribution in [-0.4, -0.2) is 62.6 Å². The summed E-state index contributed by atoms with van der Waals surface area (Å²) in [7, 11) is 3.58. The molecule has 4 N–H and O–H groups in total. The Hall–Kier alpha value is -1.61. The predicted molar refractivity (Wildman–Crippen MR) is 111 cm³/mol. The van der Waals surface area contributed by atoms with Crippen molar-refractivity contribution in [2.75, 3.05) is 33.8 Å². The van der Waals surface area contributed by atoms with E-state index in [0.717, 1.165) is 18.9 Å². The number of likely N-dealkylation sites (N-methyl/N-ethyl adjacent to an activating group) is 1. The van der Waals surface area contributed by atoms with Gasteiger partial charge in [-0.25, -0.2) is 4.39 Å². The molecular weight excluding hydrogens is 410 g/mol. The molecule has 0 radical (unpaired) electrons.